The Labute approximate surface area is 216 Å². The minimum Gasteiger partial charge on any atom is -0.497 e. The number of methoxy groups -OCH3 is 1. The van der Waals surface area contributed by atoms with Crippen LogP contribution in [0.2, 0.25) is 0 Å². The van der Waals surface area contributed by atoms with E-state index < -0.39 is 6.04 Å². The van der Waals surface area contributed by atoms with Crippen LogP contribution in [0.15, 0.2) is 83.0 Å². The lowest BCUT2D eigenvalue weighted by Crippen LogP contribution is -2.45. The summed E-state index contributed by atoms with van der Waals surface area (Å²) in [4.78, 5) is 19.9. The monoisotopic (exact) mass is 494 g/mol. The van der Waals surface area contributed by atoms with Crippen LogP contribution in [0.4, 0.5) is 4.79 Å². The van der Waals surface area contributed by atoms with Gasteiger partial charge in [0.15, 0.2) is 0 Å². The van der Waals surface area contributed by atoms with Gasteiger partial charge in [0.1, 0.15) is 5.75 Å². The van der Waals surface area contributed by atoms with Crippen molar-refractivity contribution in [1.82, 2.24) is 20.4 Å². The molecule has 1 aliphatic rings. The van der Waals surface area contributed by atoms with Crippen molar-refractivity contribution in [3.05, 3.63) is 107 Å². The average Bonchev–Trinajstić information content (AvgIpc) is 3.41. The van der Waals surface area contributed by atoms with E-state index in [1.807, 2.05) is 74.5 Å². The number of ether oxygens (including phenoxy) is 1. The SMILES string of the molecule is CCc1ccc(-c2noc(C3=C(C)N(Cc4ccccc4C)C(=O)NC3c3cccc(OC)c3)n2)cc1. The smallest absolute Gasteiger partial charge is 0.322 e. The number of aryl methyl sites for hydroxylation is 2. The Balaban J connectivity index is 1.60. The second-order valence-electron chi connectivity index (χ2n) is 9.14. The van der Waals surface area contributed by atoms with Crippen LogP contribution in [-0.4, -0.2) is 28.2 Å². The maximum atomic E-state index is 13.4. The summed E-state index contributed by atoms with van der Waals surface area (Å²) >= 11 is 0. The number of benzene rings is 3. The van der Waals surface area contributed by atoms with Gasteiger partial charge in [0, 0.05) is 11.3 Å². The Morgan fingerprint density at radius 3 is 2.54 bits per heavy atom. The van der Waals surface area contributed by atoms with E-state index in [0.717, 1.165) is 39.9 Å². The molecule has 1 aliphatic heterocycles. The highest BCUT2D eigenvalue weighted by Crippen LogP contribution is 2.38. The Hall–Kier alpha value is -4.39. The molecule has 0 saturated heterocycles. The summed E-state index contributed by atoms with van der Waals surface area (Å²) in [7, 11) is 1.62. The van der Waals surface area contributed by atoms with Gasteiger partial charge in [-0.05, 0) is 54.7 Å². The molecule has 5 rings (SSSR count). The van der Waals surface area contributed by atoms with Gasteiger partial charge >= 0.3 is 6.03 Å². The molecule has 1 atom stereocenters. The number of carbonyl (C=O) groups is 1. The van der Waals surface area contributed by atoms with E-state index in [1.54, 1.807) is 12.0 Å². The van der Waals surface area contributed by atoms with Crippen molar-refractivity contribution in [3.8, 4) is 17.1 Å². The molecule has 0 aliphatic carbocycles. The Morgan fingerprint density at radius 2 is 1.81 bits per heavy atom. The number of nitrogens with zero attached hydrogens (tertiary/aromatic N) is 3. The minimum atomic E-state index is -0.480. The van der Waals surface area contributed by atoms with Crippen LogP contribution in [0.3, 0.4) is 0 Å². The Kier molecular flexibility index (Phi) is 6.77. The molecule has 7 heteroatoms. The van der Waals surface area contributed by atoms with Crippen LogP contribution in [0.25, 0.3) is 17.0 Å². The van der Waals surface area contributed by atoms with Crippen molar-refractivity contribution >= 4 is 11.6 Å². The van der Waals surface area contributed by atoms with Gasteiger partial charge in [0.2, 0.25) is 5.82 Å². The molecule has 4 aromatic rings. The number of hydrogen-bond acceptors (Lipinski definition) is 5. The fourth-order valence-corrected chi connectivity index (χ4v) is 4.62. The molecule has 1 unspecified atom stereocenters. The highest BCUT2D eigenvalue weighted by molar-refractivity contribution is 5.87. The summed E-state index contributed by atoms with van der Waals surface area (Å²) in [6.45, 7) is 6.53. The van der Waals surface area contributed by atoms with Gasteiger partial charge in [0.05, 0.1) is 25.3 Å². The first-order valence-corrected chi connectivity index (χ1v) is 12.4. The molecule has 1 aromatic heterocycles. The average molecular weight is 495 g/mol. The molecular weight excluding hydrogens is 464 g/mol. The zero-order chi connectivity index (χ0) is 25.9. The van der Waals surface area contributed by atoms with E-state index in [4.69, 9.17) is 14.2 Å². The third kappa shape index (κ3) is 4.85. The lowest BCUT2D eigenvalue weighted by molar-refractivity contribution is 0.203. The van der Waals surface area contributed by atoms with Gasteiger partial charge in [-0.1, -0.05) is 72.7 Å². The molecule has 2 amide bonds. The number of hydrogen-bond donors (Lipinski definition) is 1. The largest absolute Gasteiger partial charge is 0.497 e. The van der Waals surface area contributed by atoms with Gasteiger partial charge in [-0.25, -0.2) is 4.79 Å². The van der Waals surface area contributed by atoms with Crippen molar-refractivity contribution in [2.24, 2.45) is 0 Å². The summed E-state index contributed by atoms with van der Waals surface area (Å²) in [5.74, 6) is 1.58. The molecule has 0 radical (unpaired) electrons. The first kappa shape index (κ1) is 24.3. The third-order valence-electron chi connectivity index (χ3n) is 6.89. The second-order valence-corrected chi connectivity index (χ2v) is 9.14. The Morgan fingerprint density at radius 1 is 1.03 bits per heavy atom. The first-order valence-electron chi connectivity index (χ1n) is 12.4. The van der Waals surface area contributed by atoms with Gasteiger partial charge in [-0.3, -0.25) is 4.90 Å². The predicted molar refractivity (Wildman–Crippen MR) is 143 cm³/mol. The lowest BCUT2D eigenvalue weighted by atomic mass is 9.94. The zero-order valence-electron chi connectivity index (χ0n) is 21.5. The first-order chi connectivity index (χ1) is 18.0. The maximum absolute atomic E-state index is 13.4. The molecule has 3 aromatic carbocycles. The topological polar surface area (TPSA) is 80.5 Å². The molecule has 2 heterocycles. The van der Waals surface area contributed by atoms with Crippen LogP contribution in [0, 0.1) is 6.92 Å². The molecule has 0 spiro atoms. The van der Waals surface area contributed by atoms with Crippen LogP contribution >= 0.6 is 0 Å². The molecule has 0 bridgehead atoms. The molecule has 1 N–H and O–H groups in total. The van der Waals surface area contributed by atoms with Crippen molar-refractivity contribution in [2.75, 3.05) is 7.11 Å². The predicted octanol–water partition coefficient (Wildman–Crippen LogP) is 6.31. The van der Waals surface area contributed by atoms with Crippen LogP contribution in [-0.2, 0) is 13.0 Å². The van der Waals surface area contributed by atoms with Crippen molar-refractivity contribution in [1.29, 1.82) is 0 Å². The molecule has 0 saturated carbocycles. The lowest BCUT2D eigenvalue weighted by Gasteiger charge is -2.35. The molecule has 0 fully saturated rings. The third-order valence-corrected chi connectivity index (χ3v) is 6.89. The van der Waals surface area contributed by atoms with Crippen molar-refractivity contribution in [2.45, 2.75) is 39.8 Å². The number of allylic oxidation sites excluding steroid dienone is 1. The quantitative estimate of drug-likeness (QED) is 0.325. The maximum Gasteiger partial charge on any atom is 0.322 e. The fraction of sp³-hybridized carbons (Fsp3) is 0.233. The summed E-state index contributed by atoms with van der Waals surface area (Å²) < 4.78 is 11.3. The second kappa shape index (κ2) is 10.3. The number of rotatable bonds is 7. The normalized spacial score (nSPS) is 15.6. The van der Waals surface area contributed by atoms with E-state index in [2.05, 4.69) is 29.5 Å². The molecule has 37 heavy (non-hydrogen) atoms. The highest BCUT2D eigenvalue weighted by atomic mass is 16.5. The summed E-state index contributed by atoms with van der Waals surface area (Å²) in [6.07, 6.45) is 0.961. The highest BCUT2D eigenvalue weighted by Gasteiger charge is 2.36. The molecule has 7 nitrogen and oxygen atoms in total. The van der Waals surface area contributed by atoms with Crippen molar-refractivity contribution in [3.63, 3.8) is 0 Å². The summed E-state index contributed by atoms with van der Waals surface area (Å²) in [5, 5.41) is 7.44. The van der Waals surface area contributed by atoms with E-state index >= 15 is 0 Å². The van der Waals surface area contributed by atoms with E-state index in [9.17, 15) is 4.79 Å². The van der Waals surface area contributed by atoms with Crippen LogP contribution < -0.4 is 10.1 Å². The number of nitrogens with one attached hydrogen (secondary N) is 1. The van der Waals surface area contributed by atoms with E-state index in [-0.39, 0.29) is 6.03 Å². The van der Waals surface area contributed by atoms with Crippen LogP contribution in [0.5, 0.6) is 5.75 Å². The molecular formula is C30H30N4O3. The van der Waals surface area contributed by atoms with Crippen LogP contribution in [0.1, 0.15) is 48.0 Å². The minimum absolute atomic E-state index is 0.188. The number of amides is 2. The van der Waals surface area contributed by atoms with Gasteiger partial charge < -0.3 is 14.6 Å². The van der Waals surface area contributed by atoms with Gasteiger partial charge in [-0.2, -0.15) is 4.98 Å². The van der Waals surface area contributed by atoms with Gasteiger partial charge in [-0.15, -0.1) is 0 Å². The van der Waals surface area contributed by atoms with E-state index in [1.165, 1.54) is 5.56 Å². The summed E-state index contributed by atoms with van der Waals surface area (Å²) in [5.41, 5.74) is 6.69. The van der Waals surface area contributed by atoms with Crippen molar-refractivity contribution < 1.29 is 14.1 Å². The Bertz CT molecular complexity index is 1460. The van der Waals surface area contributed by atoms with Gasteiger partial charge in [0.25, 0.3) is 5.89 Å². The summed E-state index contributed by atoms with van der Waals surface area (Å²) in [6, 6.07) is 23.2. The number of urea groups is 1. The standard InChI is InChI=1S/C30H30N4O3/c1-5-21-13-15-22(16-14-21)28-32-29(37-33-28)26-20(3)34(18-24-10-7-6-9-19(24)2)30(35)31-27(26)23-11-8-12-25(17-23)36-4/h6-17,27H,5,18H2,1-4H3,(H,31,35). The number of carbonyl (C=O) groups excluding carboxylic acids is 1. The number of aromatic nitrogens is 2. The van der Waals surface area contributed by atoms with E-state index in [0.29, 0.717) is 24.0 Å². The molecule has 188 valence electrons. The fourth-order valence-electron chi connectivity index (χ4n) is 4.62. The zero-order valence-corrected chi connectivity index (χ0v) is 21.5.